The van der Waals surface area contributed by atoms with Crippen LogP contribution in [-0.4, -0.2) is 18.4 Å². The Morgan fingerprint density at radius 3 is 2.59 bits per heavy atom. The molecule has 1 aromatic carbocycles. The fraction of sp³-hybridized carbons (Fsp3) is 0.462. The number of carbonyl (C=O) groups excluding carboxylic acids is 1. The number of Topliss-reactive ketones (excluding diaryl/α,β-unsaturated/α-hetero) is 1. The number of hydrogen-bond donors (Lipinski definition) is 0. The van der Waals surface area contributed by atoms with Gasteiger partial charge in [-0.3, -0.25) is 4.79 Å². The minimum atomic E-state index is 0.217. The number of halogens is 2. The van der Waals surface area contributed by atoms with Crippen molar-refractivity contribution in [3.8, 4) is 0 Å². The molecule has 0 amide bonds. The first-order valence-electron chi connectivity index (χ1n) is 5.89. The molecule has 2 nitrogen and oxygen atoms in total. The summed E-state index contributed by atoms with van der Waals surface area (Å²) in [5, 5.41) is 1.16. The van der Waals surface area contributed by atoms with Gasteiger partial charge in [0.05, 0.1) is 10.0 Å². The van der Waals surface area contributed by atoms with Gasteiger partial charge in [-0.05, 0) is 31.0 Å². The number of hydrogen-bond acceptors (Lipinski definition) is 2. The summed E-state index contributed by atoms with van der Waals surface area (Å²) in [6.07, 6.45) is 2.84. The predicted octanol–water partition coefficient (Wildman–Crippen LogP) is 3.55. The van der Waals surface area contributed by atoms with E-state index >= 15 is 0 Å². The number of piperidine rings is 2. The molecule has 2 aliphatic heterocycles. The molecular weight excluding hydrogens is 257 g/mol. The third-order valence-electron chi connectivity index (χ3n) is 3.83. The summed E-state index contributed by atoms with van der Waals surface area (Å²) >= 11 is 12.0. The van der Waals surface area contributed by atoms with E-state index in [0.717, 1.165) is 25.1 Å². The summed E-state index contributed by atoms with van der Waals surface area (Å²) in [4.78, 5) is 14.0. The van der Waals surface area contributed by atoms with Crippen LogP contribution in [0, 0.1) is 5.92 Å². The summed E-state index contributed by atoms with van der Waals surface area (Å²) in [6.45, 7) is 0.835. The zero-order valence-electron chi connectivity index (χ0n) is 9.33. The first-order valence-corrected chi connectivity index (χ1v) is 6.65. The van der Waals surface area contributed by atoms with Crippen molar-refractivity contribution in [2.75, 3.05) is 11.4 Å². The fourth-order valence-electron chi connectivity index (χ4n) is 2.88. The summed E-state index contributed by atoms with van der Waals surface area (Å²) in [5.74, 6) is 0.645. The van der Waals surface area contributed by atoms with Crippen molar-refractivity contribution in [3.05, 3.63) is 28.2 Å². The van der Waals surface area contributed by atoms with Gasteiger partial charge in [-0.2, -0.15) is 0 Å². The van der Waals surface area contributed by atoms with Gasteiger partial charge in [0.1, 0.15) is 5.78 Å². The Morgan fingerprint density at radius 1 is 1.18 bits per heavy atom. The zero-order chi connectivity index (χ0) is 12.0. The molecule has 3 aliphatic rings. The molecule has 0 aromatic heterocycles. The predicted molar refractivity (Wildman–Crippen MR) is 69.9 cm³/mol. The van der Waals surface area contributed by atoms with Gasteiger partial charge in [0.2, 0.25) is 0 Å². The van der Waals surface area contributed by atoms with E-state index in [9.17, 15) is 4.79 Å². The molecule has 0 N–H and O–H groups in total. The first-order chi connectivity index (χ1) is 8.15. The van der Waals surface area contributed by atoms with Crippen molar-refractivity contribution < 1.29 is 4.79 Å². The molecule has 0 spiro atoms. The Bertz CT molecular complexity index is 474. The molecular formula is C13H13Cl2NO. The van der Waals surface area contributed by atoms with Crippen LogP contribution in [0.3, 0.4) is 0 Å². The Hall–Kier alpha value is -0.730. The summed E-state index contributed by atoms with van der Waals surface area (Å²) in [7, 11) is 0. The van der Waals surface area contributed by atoms with Crippen molar-refractivity contribution in [1.82, 2.24) is 0 Å². The van der Waals surface area contributed by atoms with Gasteiger partial charge >= 0.3 is 0 Å². The van der Waals surface area contributed by atoms with Gasteiger partial charge < -0.3 is 4.90 Å². The van der Waals surface area contributed by atoms with E-state index in [1.165, 1.54) is 0 Å². The van der Waals surface area contributed by atoms with E-state index in [1.54, 1.807) is 0 Å². The van der Waals surface area contributed by atoms with Gasteiger partial charge in [0.15, 0.2) is 0 Å². The van der Waals surface area contributed by atoms with Gasteiger partial charge in [0, 0.05) is 30.6 Å². The van der Waals surface area contributed by atoms with Crippen molar-refractivity contribution in [2.24, 2.45) is 5.92 Å². The Balaban J connectivity index is 1.90. The normalized spacial score (nSPS) is 27.6. The zero-order valence-corrected chi connectivity index (χ0v) is 10.8. The number of benzene rings is 1. The van der Waals surface area contributed by atoms with E-state index in [0.29, 0.717) is 28.3 Å². The van der Waals surface area contributed by atoms with Crippen LogP contribution in [-0.2, 0) is 4.79 Å². The lowest BCUT2D eigenvalue weighted by Gasteiger charge is -2.45. The average molecular weight is 270 g/mol. The third-order valence-corrected chi connectivity index (χ3v) is 4.57. The van der Waals surface area contributed by atoms with Crippen LogP contribution < -0.4 is 4.90 Å². The van der Waals surface area contributed by atoms with Gasteiger partial charge in [-0.1, -0.05) is 23.2 Å². The molecule has 4 heteroatoms. The second kappa shape index (κ2) is 4.18. The minimum absolute atomic E-state index is 0.217. The summed E-state index contributed by atoms with van der Waals surface area (Å²) in [6, 6.07) is 6.06. The monoisotopic (exact) mass is 269 g/mol. The smallest absolute Gasteiger partial charge is 0.139 e. The maximum atomic E-state index is 11.7. The quantitative estimate of drug-likeness (QED) is 0.777. The van der Waals surface area contributed by atoms with Gasteiger partial charge in [-0.15, -0.1) is 0 Å². The second-order valence-corrected chi connectivity index (χ2v) is 5.66. The molecule has 2 bridgehead atoms. The number of nitrogens with zero attached hydrogens (tertiary/aromatic N) is 1. The van der Waals surface area contributed by atoms with Crippen molar-refractivity contribution in [3.63, 3.8) is 0 Å². The van der Waals surface area contributed by atoms with Crippen LogP contribution >= 0.6 is 23.2 Å². The highest BCUT2D eigenvalue weighted by Crippen LogP contribution is 2.37. The second-order valence-electron chi connectivity index (χ2n) is 4.85. The molecule has 3 fully saturated rings. The Morgan fingerprint density at radius 2 is 2.00 bits per heavy atom. The molecule has 1 saturated carbocycles. The maximum absolute atomic E-state index is 11.7. The van der Waals surface area contributed by atoms with Crippen molar-refractivity contribution >= 4 is 34.7 Å². The minimum Gasteiger partial charge on any atom is -0.367 e. The van der Waals surface area contributed by atoms with Crippen LogP contribution in [0.25, 0.3) is 0 Å². The Labute approximate surface area is 111 Å². The highest BCUT2D eigenvalue weighted by Gasteiger charge is 2.39. The number of rotatable bonds is 1. The number of carbonyl (C=O) groups is 1. The SMILES string of the molecule is O=C1CC2CCC1CN2c1ccc(Cl)c(Cl)c1. The van der Waals surface area contributed by atoms with Gasteiger partial charge in [-0.25, -0.2) is 0 Å². The lowest BCUT2D eigenvalue weighted by Crippen LogP contribution is -2.52. The van der Waals surface area contributed by atoms with Gasteiger partial charge in [0.25, 0.3) is 0 Å². The molecule has 2 unspecified atom stereocenters. The van der Waals surface area contributed by atoms with E-state index < -0.39 is 0 Å². The summed E-state index contributed by atoms with van der Waals surface area (Å²) < 4.78 is 0. The molecule has 2 saturated heterocycles. The molecule has 1 aromatic rings. The standard InChI is InChI=1S/C13H13Cl2NO/c14-11-4-3-9(5-12(11)15)16-7-8-1-2-10(16)6-13(8)17/h3-5,8,10H,1-2,6-7H2. The molecule has 90 valence electrons. The molecule has 0 radical (unpaired) electrons. The number of ketones is 1. The summed E-state index contributed by atoms with van der Waals surface area (Å²) in [5.41, 5.74) is 1.08. The molecule has 1 aliphatic carbocycles. The van der Waals surface area contributed by atoms with Crippen LogP contribution in [0.1, 0.15) is 19.3 Å². The van der Waals surface area contributed by atoms with E-state index in [4.69, 9.17) is 23.2 Å². The molecule has 17 heavy (non-hydrogen) atoms. The van der Waals surface area contributed by atoms with Crippen LogP contribution in [0.15, 0.2) is 18.2 Å². The largest absolute Gasteiger partial charge is 0.367 e. The average Bonchev–Trinajstić information content (AvgIpc) is 2.33. The van der Waals surface area contributed by atoms with Crippen molar-refractivity contribution in [2.45, 2.75) is 25.3 Å². The fourth-order valence-corrected chi connectivity index (χ4v) is 3.17. The molecule has 2 atom stereocenters. The first kappa shape index (κ1) is 11.4. The van der Waals surface area contributed by atoms with E-state index in [-0.39, 0.29) is 5.92 Å². The van der Waals surface area contributed by atoms with Crippen LogP contribution in [0.2, 0.25) is 10.0 Å². The number of fused-ring (bicyclic) bond motifs is 3. The Kier molecular flexibility index (Phi) is 2.80. The molecule has 4 rings (SSSR count). The lowest BCUT2D eigenvalue weighted by atomic mass is 9.78. The highest BCUT2D eigenvalue weighted by molar-refractivity contribution is 6.42. The lowest BCUT2D eigenvalue weighted by molar-refractivity contribution is -0.126. The number of anilines is 1. The topological polar surface area (TPSA) is 20.3 Å². The highest BCUT2D eigenvalue weighted by atomic mass is 35.5. The van der Waals surface area contributed by atoms with E-state index in [1.807, 2.05) is 18.2 Å². The molecule has 2 heterocycles. The third kappa shape index (κ3) is 1.94. The van der Waals surface area contributed by atoms with Crippen LogP contribution in [0.5, 0.6) is 0 Å². The van der Waals surface area contributed by atoms with E-state index in [2.05, 4.69) is 4.90 Å². The van der Waals surface area contributed by atoms with Crippen LogP contribution in [0.4, 0.5) is 5.69 Å². The van der Waals surface area contributed by atoms with Crippen molar-refractivity contribution in [1.29, 1.82) is 0 Å². The maximum Gasteiger partial charge on any atom is 0.139 e.